The summed E-state index contributed by atoms with van der Waals surface area (Å²) in [6, 6.07) is 8.03. The number of amides is 1. The predicted molar refractivity (Wildman–Crippen MR) is 57.2 cm³/mol. The van der Waals surface area contributed by atoms with Crippen molar-refractivity contribution < 1.29 is 4.79 Å². The number of aryl methyl sites for hydroxylation is 1. The van der Waals surface area contributed by atoms with Crippen LogP contribution in [-0.2, 0) is 11.2 Å². The molecule has 0 aromatic heterocycles. The standard InChI is InChI=1S/C11H14N2O/c1-2-9-3-5-10(6-4-9)7-8-11(14)13-12/h3-8H,2,12H2,1H3,(H,13,14)/b8-7+. The highest BCUT2D eigenvalue weighted by molar-refractivity contribution is 5.91. The van der Waals surface area contributed by atoms with Gasteiger partial charge in [-0.15, -0.1) is 0 Å². The molecule has 1 amide bonds. The summed E-state index contributed by atoms with van der Waals surface area (Å²) in [5.41, 5.74) is 4.31. The number of hydrazine groups is 1. The molecule has 1 aromatic rings. The Labute approximate surface area is 83.6 Å². The first kappa shape index (κ1) is 10.5. The Morgan fingerprint density at radius 2 is 2.07 bits per heavy atom. The van der Waals surface area contributed by atoms with Crippen LogP contribution in [0.4, 0.5) is 0 Å². The summed E-state index contributed by atoms with van der Waals surface area (Å²) in [6.07, 6.45) is 4.15. The number of carbonyl (C=O) groups excluding carboxylic acids is 1. The minimum Gasteiger partial charge on any atom is -0.291 e. The smallest absolute Gasteiger partial charge is 0.257 e. The number of carbonyl (C=O) groups is 1. The molecule has 0 unspecified atom stereocenters. The molecule has 0 radical (unpaired) electrons. The van der Waals surface area contributed by atoms with Crippen LogP contribution in [0.1, 0.15) is 18.1 Å². The summed E-state index contributed by atoms with van der Waals surface area (Å²) < 4.78 is 0. The van der Waals surface area contributed by atoms with Gasteiger partial charge in [0, 0.05) is 6.08 Å². The Morgan fingerprint density at radius 1 is 1.43 bits per heavy atom. The highest BCUT2D eigenvalue weighted by Crippen LogP contribution is 2.06. The molecule has 0 saturated heterocycles. The van der Waals surface area contributed by atoms with Gasteiger partial charge in [-0.25, -0.2) is 5.84 Å². The summed E-state index contributed by atoms with van der Waals surface area (Å²) in [4.78, 5) is 10.8. The lowest BCUT2D eigenvalue weighted by molar-refractivity contribution is -0.116. The molecule has 3 N–H and O–H groups in total. The van der Waals surface area contributed by atoms with Crippen LogP contribution in [0.2, 0.25) is 0 Å². The SMILES string of the molecule is CCc1ccc(/C=C/C(=O)NN)cc1. The van der Waals surface area contributed by atoms with Crippen LogP contribution in [0.5, 0.6) is 0 Å². The number of nitrogens with two attached hydrogens (primary N) is 1. The van der Waals surface area contributed by atoms with E-state index in [9.17, 15) is 4.79 Å². The zero-order valence-electron chi connectivity index (χ0n) is 8.16. The largest absolute Gasteiger partial charge is 0.291 e. The van der Waals surface area contributed by atoms with Crippen LogP contribution < -0.4 is 11.3 Å². The maximum Gasteiger partial charge on any atom is 0.257 e. The summed E-state index contributed by atoms with van der Waals surface area (Å²) in [5, 5.41) is 0. The maximum absolute atomic E-state index is 10.8. The molecule has 74 valence electrons. The number of benzene rings is 1. The van der Waals surface area contributed by atoms with Gasteiger partial charge in [-0.05, 0) is 23.6 Å². The van der Waals surface area contributed by atoms with Gasteiger partial charge >= 0.3 is 0 Å². The van der Waals surface area contributed by atoms with Crippen molar-refractivity contribution in [2.24, 2.45) is 5.84 Å². The van der Waals surface area contributed by atoms with E-state index in [4.69, 9.17) is 5.84 Å². The second-order valence-electron chi connectivity index (χ2n) is 2.94. The van der Waals surface area contributed by atoms with Crippen molar-refractivity contribution in [1.29, 1.82) is 0 Å². The zero-order valence-corrected chi connectivity index (χ0v) is 8.16. The lowest BCUT2D eigenvalue weighted by atomic mass is 10.1. The molecule has 0 aliphatic rings. The second kappa shape index (κ2) is 5.19. The average Bonchev–Trinajstić information content (AvgIpc) is 2.26. The van der Waals surface area contributed by atoms with E-state index in [0.29, 0.717) is 0 Å². The fourth-order valence-corrected chi connectivity index (χ4v) is 1.08. The predicted octanol–water partition coefficient (Wildman–Crippen LogP) is 1.25. The quantitative estimate of drug-likeness (QED) is 0.326. The molecule has 0 fully saturated rings. The molecule has 3 heteroatoms. The van der Waals surface area contributed by atoms with Gasteiger partial charge in [-0.3, -0.25) is 10.2 Å². The first-order chi connectivity index (χ1) is 6.76. The van der Waals surface area contributed by atoms with Crippen molar-refractivity contribution >= 4 is 12.0 Å². The average molecular weight is 190 g/mol. The molecule has 0 aliphatic carbocycles. The third-order valence-corrected chi connectivity index (χ3v) is 1.96. The summed E-state index contributed by atoms with van der Waals surface area (Å²) in [7, 11) is 0. The molecule has 3 nitrogen and oxygen atoms in total. The van der Waals surface area contributed by atoms with Gasteiger partial charge < -0.3 is 0 Å². The number of rotatable bonds is 3. The fourth-order valence-electron chi connectivity index (χ4n) is 1.08. The second-order valence-corrected chi connectivity index (χ2v) is 2.94. The molecule has 0 spiro atoms. The lowest BCUT2D eigenvalue weighted by Crippen LogP contribution is -2.27. The van der Waals surface area contributed by atoms with Crippen LogP contribution in [-0.4, -0.2) is 5.91 Å². The van der Waals surface area contributed by atoms with Crippen LogP contribution in [0.25, 0.3) is 6.08 Å². The summed E-state index contributed by atoms with van der Waals surface area (Å²) >= 11 is 0. The molecule has 0 aliphatic heterocycles. The lowest BCUT2D eigenvalue weighted by Gasteiger charge is -1.96. The van der Waals surface area contributed by atoms with Crippen molar-refractivity contribution in [2.75, 3.05) is 0 Å². The Bertz CT molecular complexity index is 328. The van der Waals surface area contributed by atoms with Crippen molar-refractivity contribution in [3.05, 3.63) is 41.5 Å². The van der Waals surface area contributed by atoms with Gasteiger partial charge in [0.25, 0.3) is 5.91 Å². The van der Waals surface area contributed by atoms with E-state index in [1.165, 1.54) is 11.6 Å². The van der Waals surface area contributed by atoms with Gasteiger partial charge in [0.05, 0.1) is 0 Å². The van der Waals surface area contributed by atoms with E-state index in [1.807, 2.05) is 29.7 Å². The topological polar surface area (TPSA) is 55.1 Å². The van der Waals surface area contributed by atoms with Crippen molar-refractivity contribution in [3.8, 4) is 0 Å². The van der Waals surface area contributed by atoms with Gasteiger partial charge in [0.15, 0.2) is 0 Å². The highest BCUT2D eigenvalue weighted by Gasteiger charge is 1.91. The number of hydrogen-bond acceptors (Lipinski definition) is 2. The Balaban J connectivity index is 2.68. The minimum absolute atomic E-state index is 0.301. The molecule has 0 saturated carbocycles. The van der Waals surface area contributed by atoms with Crippen molar-refractivity contribution in [2.45, 2.75) is 13.3 Å². The van der Waals surface area contributed by atoms with Gasteiger partial charge in [0.1, 0.15) is 0 Å². The van der Waals surface area contributed by atoms with E-state index in [0.717, 1.165) is 12.0 Å². The van der Waals surface area contributed by atoms with Crippen LogP contribution >= 0.6 is 0 Å². The third-order valence-electron chi connectivity index (χ3n) is 1.96. The van der Waals surface area contributed by atoms with Crippen LogP contribution in [0.3, 0.4) is 0 Å². The van der Waals surface area contributed by atoms with E-state index in [-0.39, 0.29) is 5.91 Å². The van der Waals surface area contributed by atoms with Gasteiger partial charge in [0.2, 0.25) is 0 Å². The molecule has 14 heavy (non-hydrogen) atoms. The minimum atomic E-state index is -0.301. The van der Waals surface area contributed by atoms with Gasteiger partial charge in [-0.2, -0.15) is 0 Å². The molecule has 1 aromatic carbocycles. The molecule has 0 bridgehead atoms. The van der Waals surface area contributed by atoms with Crippen molar-refractivity contribution in [1.82, 2.24) is 5.43 Å². The first-order valence-electron chi connectivity index (χ1n) is 4.54. The Morgan fingerprint density at radius 3 is 2.57 bits per heavy atom. The maximum atomic E-state index is 10.8. The van der Waals surface area contributed by atoms with E-state index < -0.39 is 0 Å². The molecule has 0 heterocycles. The third kappa shape index (κ3) is 3.03. The number of hydrogen-bond donors (Lipinski definition) is 2. The van der Waals surface area contributed by atoms with Crippen LogP contribution in [0.15, 0.2) is 30.3 Å². The Kier molecular flexibility index (Phi) is 3.88. The van der Waals surface area contributed by atoms with E-state index in [1.54, 1.807) is 6.08 Å². The Hall–Kier alpha value is -1.61. The number of nitrogens with one attached hydrogen (secondary N) is 1. The molecule has 1 rings (SSSR count). The first-order valence-corrected chi connectivity index (χ1v) is 4.54. The van der Waals surface area contributed by atoms with Gasteiger partial charge in [-0.1, -0.05) is 31.2 Å². The highest BCUT2D eigenvalue weighted by atomic mass is 16.2. The van der Waals surface area contributed by atoms with Crippen molar-refractivity contribution in [3.63, 3.8) is 0 Å². The molecular weight excluding hydrogens is 176 g/mol. The van der Waals surface area contributed by atoms with Crippen LogP contribution in [0, 0.1) is 0 Å². The summed E-state index contributed by atoms with van der Waals surface area (Å²) in [6.45, 7) is 2.10. The van der Waals surface area contributed by atoms with E-state index >= 15 is 0 Å². The zero-order chi connectivity index (χ0) is 10.4. The van der Waals surface area contributed by atoms with E-state index in [2.05, 4.69) is 6.92 Å². The summed E-state index contributed by atoms with van der Waals surface area (Å²) in [5.74, 6) is 4.63. The monoisotopic (exact) mass is 190 g/mol. The normalized spacial score (nSPS) is 10.4. The fraction of sp³-hybridized carbons (Fsp3) is 0.182. The molecular formula is C11H14N2O. The molecule has 0 atom stereocenters.